The van der Waals surface area contributed by atoms with Crippen molar-refractivity contribution < 1.29 is 9.90 Å². The zero-order chi connectivity index (χ0) is 12.3. The summed E-state index contributed by atoms with van der Waals surface area (Å²) in [6, 6.07) is 0. The van der Waals surface area contributed by atoms with Gasteiger partial charge in [-0.15, -0.1) is 11.3 Å². The van der Waals surface area contributed by atoms with E-state index in [0.717, 1.165) is 16.6 Å². The van der Waals surface area contributed by atoms with Gasteiger partial charge >= 0.3 is 0 Å². The fourth-order valence-electron chi connectivity index (χ4n) is 2.05. The number of aromatic nitrogens is 2. The SMILES string of the molecule is Clc1ncnc2sc3c(c12)CCCC3.O=CO. The summed E-state index contributed by atoms with van der Waals surface area (Å²) in [7, 11) is 0. The van der Waals surface area contributed by atoms with Gasteiger partial charge in [-0.1, -0.05) is 11.6 Å². The molecule has 1 aliphatic rings. The molecule has 0 aromatic carbocycles. The van der Waals surface area contributed by atoms with Crippen molar-refractivity contribution in [2.45, 2.75) is 25.7 Å². The molecule has 6 heteroatoms. The van der Waals surface area contributed by atoms with Crippen molar-refractivity contribution in [2.75, 3.05) is 0 Å². The Bertz CT molecular complexity index is 541. The van der Waals surface area contributed by atoms with Crippen molar-refractivity contribution in [1.29, 1.82) is 0 Å². The Balaban J connectivity index is 0.000000329. The van der Waals surface area contributed by atoms with Crippen LogP contribution in [0.5, 0.6) is 0 Å². The van der Waals surface area contributed by atoms with E-state index in [4.69, 9.17) is 21.5 Å². The maximum Gasteiger partial charge on any atom is 0.290 e. The van der Waals surface area contributed by atoms with Crippen LogP contribution in [-0.4, -0.2) is 21.5 Å². The second-order valence-corrected chi connectivity index (χ2v) is 5.10. The van der Waals surface area contributed by atoms with Crippen LogP contribution in [0.1, 0.15) is 23.3 Å². The van der Waals surface area contributed by atoms with Gasteiger partial charge in [0.2, 0.25) is 0 Å². The van der Waals surface area contributed by atoms with Crippen LogP contribution in [0.25, 0.3) is 10.2 Å². The maximum absolute atomic E-state index is 8.36. The summed E-state index contributed by atoms with van der Waals surface area (Å²) in [5.41, 5.74) is 1.40. The Morgan fingerprint density at radius 2 is 2.06 bits per heavy atom. The Morgan fingerprint density at radius 3 is 2.82 bits per heavy atom. The van der Waals surface area contributed by atoms with Crippen molar-refractivity contribution in [3.63, 3.8) is 0 Å². The molecule has 2 heterocycles. The molecule has 0 amide bonds. The molecule has 0 atom stereocenters. The average molecular weight is 271 g/mol. The number of rotatable bonds is 0. The number of halogens is 1. The quantitative estimate of drug-likeness (QED) is 0.591. The molecule has 4 nitrogen and oxygen atoms in total. The lowest BCUT2D eigenvalue weighted by Crippen LogP contribution is -1.98. The molecule has 3 rings (SSSR count). The van der Waals surface area contributed by atoms with Gasteiger partial charge in [0, 0.05) is 4.88 Å². The normalized spacial score (nSPS) is 13.7. The Kier molecular flexibility index (Phi) is 3.91. The topological polar surface area (TPSA) is 63.1 Å². The highest BCUT2D eigenvalue weighted by Gasteiger charge is 2.18. The number of hydrogen-bond acceptors (Lipinski definition) is 4. The van der Waals surface area contributed by atoms with Crippen molar-refractivity contribution in [3.05, 3.63) is 21.9 Å². The molecule has 0 fully saturated rings. The molecule has 17 heavy (non-hydrogen) atoms. The summed E-state index contributed by atoms with van der Waals surface area (Å²) in [5, 5.41) is 8.61. The van der Waals surface area contributed by atoms with E-state index in [1.165, 1.54) is 29.7 Å². The van der Waals surface area contributed by atoms with E-state index in [9.17, 15) is 0 Å². The smallest absolute Gasteiger partial charge is 0.290 e. The van der Waals surface area contributed by atoms with E-state index in [2.05, 4.69) is 9.97 Å². The van der Waals surface area contributed by atoms with Crippen LogP contribution in [0, 0.1) is 0 Å². The van der Waals surface area contributed by atoms with Crippen LogP contribution < -0.4 is 0 Å². The minimum atomic E-state index is -0.250. The first-order valence-electron chi connectivity index (χ1n) is 5.26. The number of nitrogens with zero attached hydrogens (tertiary/aromatic N) is 2. The predicted octanol–water partition coefficient (Wildman–Crippen LogP) is 2.92. The zero-order valence-corrected chi connectivity index (χ0v) is 10.6. The van der Waals surface area contributed by atoms with E-state index in [1.807, 2.05) is 0 Å². The predicted molar refractivity (Wildman–Crippen MR) is 67.8 cm³/mol. The third-order valence-corrected chi connectivity index (χ3v) is 4.19. The van der Waals surface area contributed by atoms with Gasteiger partial charge in [-0.3, -0.25) is 4.79 Å². The summed E-state index contributed by atoms with van der Waals surface area (Å²) >= 11 is 7.87. The first-order chi connectivity index (χ1) is 8.27. The summed E-state index contributed by atoms with van der Waals surface area (Å²) < 4.78 is 0. The number of carbonyl (C=O) groups is 1. The number of carboxylic acid groups (broad SMARTS) is 1. The molecule has 0 spiro atoms. The van der Waals surface area contributed by atoms with Gasteiger partial charge in [0.05, 0.1) is 5.39 Å². The van der Waals surface area contributed by atoms with Crippen LogP contribution >= 0.6 is 22.9 Å². The van der Waals surface area contributed by atoms with Crippen molar-refractivity contribution in [2.24, 2.45) is 0 Å². The molecular formula is C11H11ClN2O2S. The Morgan fingerprint density at radius 1 is 1.35 bits per heavy atom. The molecule has 0 unspecified atom stereocenters. The molecule has 0 aliphatic heterocycles. The van der Waals surface area contributed by atoms with Crippen molar-refractivity contribution in [3.8, 4) is 0 Å². The standard InChI is InChI=1S/C10H9ClN2S.CH2O2/c11-9-8-6-3-1-2-4-7(6)14-10(8)13-5-12-9;2-1-3/h5H,1-4H2;1H,(H,2,3). The number of hydrogen-bond donors (Lipinski definition) is 1. The summed E-state index contributed by atoms with van der Waals surface area (Å²) in [4.78, 5) is 19.2. The van der Waals surface area contributed by atoms with Gasteiger partial charge in [-0.25, -0.2) is 9.97 Å². The Labute approximate surface area is 107 Å². The number of fused-ring (bicyclic) bond motifs is 3. The van der Waals surface area contributed by atoms with Gasteiger partial charge < -0.3 is 5.11 Å². The van der Waals surface area contributed by atoms with Crippen LogP contribution in [-0.2, 0) is 17.6 Å². The largest absolute Gasteiger partial charge is 0.483 e. The number of thiophene rings is 1. The van der Waals surface area contributed by atoms with Gasteiger partial charge in [0.25, 0.3) is 6.47 Å². The highest BCUT2D eigenvalue weighted by atomic mass is 35.5. The van der Waals surface area contributed by atoms with Crippen LogP contribution in [0.2, 0.25) is 5.15 Å². The molecular weight excluding hydrogens is 260 g/mol. The average Bonchev–Trinajstić information content (AvgIpc) is 2.69. The van der Waals surface area contributed by atoms with Gasteiger partial charge in [-0.05, 0) is 31.2 Å². The lowest BCUT2D eigenvalue weighted by Gasteiger charge is -2.10. The zero-order valence-electron chi connectivity index (χ0n) is 9.02. The Hall–Kier alpha value is -1.20. The molecule has 2 aromatic heterocycles. The second-order valence-electron chi connectivity index (χ2n) is 3.66. The van der Waals surface area contributed by atoms with E-state index in [0.29, 0.717) is 5.15 Å². The lowest BCUT2D eigenvalue weighted by atomic mass is 9.97. The van der Waals surface area contributed by atoms with Gasteiger partial charge in [-0.2, -0.15) is 0 Å². The van der Waals surface area contributed by atoms with Crippen LogP contribution in [0.4, 0.5) is 0 Å². The highest BCUT2D eigenvalue weighted by molar-refractivity contribution is 7.19. The third kappa shape index (κ3) is 2.40. The molecule has 90 valence electrons. The van der Waals surface area contributed by atoms with Gasteiger partial charge in [0.1, 0.15) is 16.3 Å². The third-order valence-electron chi connectivity index (χ3n) is 2.71. The minimum Gasteiger partial charge on any atom is -0.483 e. The molecule has 0 saturated carbocycles. The van der Waals surface area contributed by atoms with E-state index < -0.39 is 0 Å². The van der Waals surface area contributed by atoms with Crippen molar-refractivity contribution in [1.82, 2.24) is 9.97 Å². The molecule has 0 saturated heterocycles. The lowest BCUT2D eigenvalue weighted by molar-refractivity contribution is -0.122. The maximum atomic E-state index is 8.36. The van der Waals surface area contributed by atoms with Crippen LogP contribution in [0.3, 0.4) is 0 Å². The fraction of sp³-hybridized carbons (Fsp3) is 0.364. The molecule has 0 bridgehead atoms. The molecule has 2 aromatic rings. The van der Waals surface area contributed by atoms with E-state index in [-0.39, 0.29) is 6.47 Å². The van der Waals surface area contributed by atoms with Crippen LogP contribution in [0.15, 0.2) is 6.33 Å². The molecule has 1 aliphatic carbocycles. The minimum absolute atomic E-state index is 0.250. The molecule has 0 radical (unpaired) electrons. The number of aryl methyl sites for hydroxylation is 2. The molecule has 1 N–H and O–H groups in total. The first-order valence-corrected chi connectivity index (χ1v) is 6.46. The van der Waals surface area contributed by atoms with E-state index in [1.54, 1.807) is 17.7 Å². The summed E-state index contributed by atoms with van der Waals surface area (Å²) in [6.45, 7) is -0.250. The first kappa shape index (κ1) is 12.3. The monoisotopic (exact) mass is 270 g/mol. The summed E-state index contributed by atoms with van der Waals surface area (Å²) in [5.74, 6) is 0. The van der Waals surface area contributed by atoms with E-state index >= 15 is 0 Å². The second kappa shape index (κ2) is 5.42. The fourth-order valence-corrected chi connectivity index (χ4v) is 3.58. The van der Waals surface area contributed by atoms with Gasteiger partial charge in [0.15, 0.2) is 0 Å². The highest BCUT2D eigenvalue weighted by Crippen LogP contribution is 2.37. The van der Waals surface area contributed by atoms with Crippen molar-refractivity contribution >= 4 is 39.6 Å². The summed E-state index contributed by atoms with van der Waals surface area (Å²) in [6.07, 6.45) is 6.44.